The van der Waals surface area contributed by atoms with Crippen LogP contribution >= 0.6 is 11.6 Å². The Hall–Kier alpha value is -1.62. The minimum Gasteiger partial charge on any atom is -0.368 e. The van der Waals surface area contributed by atoms with Crippen molar-refractivity contribution in [3.05, 3.63) is 59.4 Å². The lowest BCUT2D eigenvalue weighted by Gasteiger charge is -2.36. The topological polar surface area (TPSA) is 31.4 Å². The molecule has 1 aromatic carbocycles. The van der Waals surface area contributed by atoms with Crippen LogP contribution in [-0.4, -0.2) is 49.2 Å². The van der Waals surface area contributed by atoms with Crippen molar-refractivity contribution in [2.75, 3.05) is 44.2 Å². The third-order valence-electron chi connectivity index (χ3n) is 4.43. The van der Waals surface area contributed by atoms with E-state index < -0.39 is 0 Å². The van der Waals surface area contributed by atoms with Gasteiger partial charge in [-0.15, -0.1) is 0 Å². The van der Waals surface area contributed by atoms with E-state index in [0.29, 0.717) is 0 Å². The number of nitrogens with zero attached hydrogens (tertiary/aromatic N) is 3. The van der Waals surface area contributed by atoms with Crippen LogP contribution in [0.1, 0.15) is 12.1 Å². The number of nitrogens with one attached hydrogen (secondary N) is 1. The van der Waals surface area contributed by atoms with Gasteiger partial charge in [-0.25, -0.2) is 0 Å². The number of hydrogen-bond donors (Lipinski definition) is 1. The number of hydrogen-bond acceptors (Lipinski definition) is 4. The number of piperazine rings is 1. The summed E-state index contributed by atoms with van der Waals surface area (Å²) in [5, 5.41) is 4.32. The number of halogens is 1. The molecule has 0 bridgehead atoms. The number of anilines is 1. The van der Waals surface area contributed by atoms with Crippen molar-refractivity contribution >= 4 is 17.3 Å². The van der Waals surface area contributed by atoms with E-state index in [9.17, 15) is 0 Å². The monoisotopic (exact) mass is 344 g/mol. The minimum atomic E-state index is 0.848. The van der Waals surface area contributed by atoms with Gasteiger partial charge in [-0.1, -0.05) is 29.8 Å². The Labute approximate surface area is 149 Å². The molecule has 2 aromatic rings. The highest BCUT2D eigenvalue weighted by molar-refractivity contribution is 6.33. The van der Waals surface area contributed by atoms with E-state index >= 15 is 0 Å². The molecular formula is C19H25ClN4. The molecule has 0 unspecified atom stereocenters. The van der Waals surface area contributed by atoms with Gasteiger partial charge in [0.15, 0.2) is 0 Å². The van der Waals surface area contributed by atoms with Crippen LogP contribution in [0.15, 0.2) is 48.7 Å². The molecule has 128 valence electrons. The van der Waals surface area contributed by atoms with Gasteiger partial charge in [0, 0.05) is 38.9 Å². The molecule has 1 aliphatic heterocycles. The molecule has 2 heterocycles. The summed E-state index contributed by atoms with van der Waals surface area (Å²) in [6.45, 7) is 7.32. The normalized spacial score (nSPS) is 15.6. The first-order valence-corrected chi connectivity index (χ1v) is 9.03. The molecule has 4 nitrogen and oxygen atoms in total. The fraction of sp³-hybridized carbons (Fsp3) is 0.421. The Balaban J connectivity index is 1.32. The number of para-hydroxylation sites is 1. The van der Waals surface area contributed by atoms with Gasteiger partial charge in [0.25, 0.3) is 0 Å². The second-order valence-corrected chi connectivity index (χ2v) is 6.54. The molecule has 1 aromatic heterocycles. The van der Waals surface area contributed by atoms with E-state index in [4.69, 9.17) is 11.6 Å². The maximum Gasteiger partial charge on any atom is 0.0639 e. The molecule has 1 saturated heterocycles. The van der Waals surface area contributed by atoms with Gasteiger partial charge in [0.1, 0.15) is 0 Å². The standard InChI is InChI=1S/C19H25ClN4/c20-18-7-1-2-8-19(18)24-14-12-23(13-15-24)11-5-9-21-16-17-6-3-4-10-22-17/h1-4,6-8,10,21H,5,9,11-16H2. The minimum absolute atomic E-state index is 0.848. The lowest BCUT2D eigenvalue weighted by molar-refractivity contribution is 0.254. The second kappa shape index (κ2) is 9.02. The average molecular weight is 345 g/mol. The first-order valence-electron chi connectivity index (χ1n) is 8.65. The lowest BCUT2D eigenvalue weighted by atomic mass is 10.2. The number of benzene rings is 1. The van der Waals surface area contributed by atoms with E-state index in [-0.39, 0.29) is 0 Å². The highest BCUT2D eigenvalue weighted by Crippen LogP contribution is 2.25. The number of aromatic nitrogens is 1. The smallest absolute Gasteiger partial charge is 0.0639 e. The zero-order chi connectivity index (χ0) is 16.6. The summed E-state index contributed by atoms with van der Waals surface area (Å²) in [5.74, 6) is 0. The summed E-state index contributed by atoms with van der Waals surface area (Å²) in [6.07, 6.45) is 3.01. The molecule has 0 atom stereocenters. The molecule has 3 rings (SSSR count). The summed E-state index contributed by atoms with van der Waals surface area (Å²) in [7, 11) is 0. The predicted octanol–water partition coefficient (Wildman–Crippen LogP) is 3.04. The molecule has 0 saturated carbocycles. The third kappa shape index (κ3) is 4.94. The molecule has 1 fully saturated rings. The molecule has 0 spiro atoms. The van der Waals surface area contributed by atoms with Crippen LogP contribution in [-0.2, 0) is 6.54 Å². The Bertz CT molecular complexity index is 612. The van der Waals surface area contributed by atoms with E-state index in [0.717, 1.165) is 62.2 Å². The first kappa shape index (κ1) is 17.2. The fourth-order valence-electron chi connectivity index (χ4n) is 3.07. The van der Waals surface area contributed by atoms with Gasteiger partial charge in [0.2, 0.25) is 0 Å². The van der Waals surface area contributed by atoms with Gasteiger partial charge < -0.3 is 10.2 Å². The molecule has 0 radical (unpaired) electrons. The van der Waals surface area contributed by atoms with Crippen molar-refractivity contribution < 1.29 is 0 Å². The van der Waals surface area contributed by atoms with Crippen LogP contribution in [0.4, 0.5) is 5.69 Å². The van der Waals surface area contributed by atoms with Crippen LogP contribution in [0.5, 0.6) is 0 Å². The van der Waals surface area contributed by atoms with Gasteiger partial charge in [0.05, 0.1) is 16.4 Å². The maximum absolute atomic E-state index is 6.29. The lowest BCUT2D eigenvalue weighted by Crippen LogP contribution is -2.47. The maximum atomic E-state index is 6.29. The van der Waals surface area contributed by atoms with Crippen molar-refractivity contribution in [2.24, 2.45) is 0 Å². The van der Waals surface area contributed by atoms with Gasteiger partial charge in [-0.2, -0.15) is 0 Å². The molecule has 0 amide bonds. The van der Waals surface area contributed by atoms with Crippen LogP contribution < -0.4 is 10.2 Å². The van der Waals surface area contributed by atoms with Crippen molar-refractivity contribution in [2.45, 2.75) is 13.0 Å². The zero-order valence-electron chi connectivity index (χ0n) is 14.0. The van der Waals surface area contributed by atoms with E-state index in [1.807, 2.05) is 30.5 Å². The SMILES string of the molecule is Clc1ccccc1N1CCN(CCCNCc2ccccn2)CC1. The molecule has 1 aliphatic rings. The fourth-order valence-corrected chi connectivity index (χ4v) is 3.32. The van der Waals surface area contributed by atoms with Crippen LogP contribution in [0.3, 0.4) is 0 Å². The van der Waals surface area contributed by atoms with Crippen molar-refractivity contribution in [3.63, 3.8) is 0 Å². The Morgan fingerprint density at radius 1 is 1.00 bits per heavy atom. The predicted molar refractivity (Wildman–Crippen MR) is 101 cm³/mol. The van der Waals surface area contributed by atoms with E-state index in [1.54, 1.807) is 0 Å². The number of pyridine rings is 1. The molecule has 1 N–H and O–H groups in total. The quantitative estimate of drug-likeness (QED) is 0.782. The van der Waals surface area contributed by atoms with Crippen molar-refractivity contribution in [3.8, 4) is 0 Å². The van der Waals surface area contributed by atoms with Gasteiger partial charge in [-0.3, -0.25) is 9.88 Å². The highest BCUT2D eigenvalue weighted by atomic mass is 35.5. The average Bonchev–Trinajstić information content (AvgIpc) is 2.63. The first-order chi connectivity index (χ1) is 11.8. The van der Waals surface area contributed by atoms with Crippen molar-refractivity contribution in [1.29, 1.82) is 0 Å². The van der Waals surface area contributed by atoms with Gasteiger partial charge in [-0.05, 0) is 43.8 Å². The Kier molecular flexibility index (Phi) is 6.47. The highest BCUT2D eigenvalue weighted by Gasteiger charge is 2.18. The van der Waals surface area contributed by atoms with E-state index in [2.05, 4.69) is 38.3 Å². The van der Waals surface area contributed by atoms with Crippen LogP contribution in [0.2, 0.25) is 5.02 Å². The summed E-state index contributed by atoms with van der Waals surface area (Å²) in [4.78, 5) is 9.25. The summed E-state index contributed by atoms with van der Waals surface area (Å²) in [5.41, 5.74) is 2.27. The molecule has 0 aliphatic carbocycles. The van der Waals surface area contributed by atoms with E-state index in [1.165, 1.54) is 6.42 Å². The third-order valence-corrected chi connectivity index (χ3v) is 4.75. The van der Waals surface area contributed by atoms with Crippen LogP contribution in [0.25, 0.3) is 0 Å². The van der Waals surface area contributed by atoms with Crippen LogP contribution in [0, 0.1) is 0 Å². The summed E-state index contributed by atoms with van der Waals surface area (Å²) in [6, 6.07) is 14.2. The molecule has 24 heavy (non-hydrogen) atoms. The summed E-state index contributed by atoms with van der Waals surface area (Å²) < 4.78 is 0. The summed E-state index contributed by atoms with van der Waals surface area (Å²) >= 11 is 6.29. The van der Waals surface area contributed by atoms with Gasteiger partial charge >= 0.3 is 0 Å². The largest absolute Gasteiger partial charge is 0.368 e. The second-order valence-electron chi connectivity index (χ2n) is 6.13. The van der Waals surface area contributed by atoms with Crippen molar-refractivity contribution in [1.82, 2.24) is 15.2 Å². The zero-order valence-corrected chi connectivity index (χ0v) is 14.8. The Morgan fingerprint density at radius 2 is 1.79 bits per heavy atom. The molecular weight excluding hydrogens is 320 g/mol. The molecule has 5 heteroatoms. The number of rotatable bonds is 7. The Morgan fingerprint density at radius 3 is 2.54 bits per heavy atom.